The van der Waals surface area contributed by atoms with Gasteiger partial charge in [-0.2, -0.15) is 0 Å². The Kier molecular flexibility index (Phi) is 4.51. The fourth-order valence-corrected chi connectivity index (χ4v) is 3.73. The second-order valence-electron chi connectivity index (χ2n) is 6.86. The molecule has 1 fully saturated rings. The van der Waals surface area contributed by atoms with Gasteiger partial charge in [0.25, 0.3) is 0 Å². The van der Waals surface area contributed by atoms with Gasteiger partial charge in [0.05, 0.1) is 5.56 Å². The Labute approximate surface area is 148 Å². The molecule has 3 aromatic rings. The Hall–Kier alpha value is -2.61. The fraction of sp³-hybridized carbons (Fsp3) is 0.261. The third-order valence-electron chi connectivity index (χ3n) is 5.15. The summed E-state index contributed by atoms with van der Waals surface area (Å²) in [6.07, 6.45) is 6.55. The van der Waals surface area contributed by atoms with E-state index in [9.17, 15) is 4.79 Å². The van der Waals surface area contributed by atoms with Crippen molar-refractivity contribution in [1.82, 2.24) is 0 Å². The molecular weight excluding hydrogens is 308 g/mol. The first-order valence-electron chi connectivity index (χ1n) is 9.10. The molecule has 0 unspecified atom stereocenters. The van der Waals surface area contributed by atoms with Crippen LogP contribution in [0.3, 0.4) is 0 Å². The van der Waals surface area contributed by atoms with Crippen molar-refractivity contribution in [3.8, 4) is 5.75 Å². The molecule has 0 N–H and O–H groups in total. The molecule has 0 atom stereocenters. The van der Waals surface area contributed by atoms with E-state index in [1.807, 2.05) is 54.6 Å². The Bertz CT molecular complexity index is 874. The van der Waals surface area contributed by atoms with Gasteiger partial charge in [0.1, 0.15) is 5.75 Å². The molecule has 3 aromatic carbocycles. The van der Waals surface area contributed by atoms with Crippen molar-refractivity contribution in [3.05, 3.63) is 77.9 Å². The molecular formula is C23H22O2. The highest BCUT2D eigenvalue weighted by Crippen LogP contribution is 2.33. The van der Waals surface area contributed by atoms with Crippen molar-refractivity contribution < 1.29 is 9.53 Å². The van der Waals surface area contributed by atoms with E-state index < -0.39 is 0 Å². The van der Waals surface area contributed by atoms with Crippen molar-refractivity contribution >= 4 is 16.7 Å². The van der Waals surface area contributed by atoms with Crippen molar-refractivity contribution in [2.75, 3.05) is 0 Å². The van der Waals surface area contributed by atoms with Crippen molar-refractivity contribution in [3.63, 3.8) is 0 Å². The van der Waals surface area contributed by atoms with Crippen LogP contribution < -0.4 is 4.74 Å². The van der Waals surface area contributed by atoms with Gasteiger partial charge in [0, 0.05) is 0 Å². The molecule has 0 spiro atoms. The molecule has 0 aromatic heterocycles. The van der Waals surface area contributed by atoms with Crippen LogP contribution in [0.15, 0.2) is 66.7 Å². The molecule has 4 rings (SSSR count). The van der Waals surface area contributed by atoms with Crippen LogP contribution in [0.4, 0.5) is 0 Å². The van der Waals surface area contributed by atoms with Crippen LogP contribution in [0.2, 0.25) is 0 Å². The molecule has 0 heterocycles. The van der Waals surface area contributed by atoms with Gasteiger partial charge >= 0.3 is 5.97 Å². The largest absolute Gasteiger partial charge is 0.423 e. The van der Waals surface area contributed by atoms with E-state index in [-0.39, 0.29) is 5.97 Å². The summed E-state index contributed by atoms with van der Waals surface area (Å²) < 4.78 is 5.55. The number of esters is 1. The second-order valence-corrected chi connectivity index (χ2v) is 6.86. The highest BCUT2D eigenvalue weighted by Gasteiger charge is 2.16. The van der Waals surface area contributed by atoms with E-state index in [2.05, 4.69) is 12.1 Å². The lowest BCUT2D eigenvalue weighted by atomic mass is 9.84. The zero-order valence-corrected chi connectivity index (χ0v) is 14.3. The topological polar surface area (TPSA) is 26.3 Å². The third kappa shape index (κ3) is 3.58. The number of carbonyl (C=O) groups is 1. The van der Waals surface area contributed by atoms with Gasteiger partial charge in [-0.15, -0.1) is 0 Å². The molecule has 0 amide bonds. The van der Waals surface area contributed by atoms with E-state index in [1.54, 1.807) is 0 Å². The zero-order valence-electron chi connectivity index (χ0n) is 14.3. The van der Waals surface area contributed by atoms with Crippen LogP contribution in [-0.4, -0.2) is 5.97 Å². The summed E-state index contributed by atoms with van der Waals surface area (Å²) >= 11 is 0. The van der Waals surface area contributed by atoms with Crippen LogP contribution in [-0.2, 0) is 0 Å². The van der Waals surface area contributed by atoms with Gasteiger partial charge in [0.2, 0.25) is 0 Å². The van der Waals surface area contributed by atoms with Crippen LogP contribution in [0.1, 0.15) is 53.9 Å². The number of hydrogen-bond acceptors (Lipinski definition) is 2. The molecule has 1 aliphatic rings. The van der Waals surface area contributed by atoms with Gasteiger partial charge < -0.3 is 4.74 Å². The molecule has 1 saturated carbocycles. The summed E-state index contributed by atoms with van der Waals surface area (Å²) in [5, 5.41) is 2.17. The summed E-state index contributed by atoms with van der Waals surface area (Å²) in [5.41, 5.74) is 1.94. The summed E-state index contributed by atoms with van der Waals surface area (Å²) in [7, 11) is 0. The maximum Gasteiger partial charge on any atom is 0.343 e. The average Bonchev–Trinajstić information content (AvgIpc) is 2.69. The summed E-state index contributed by atoms with van der Waals surface area (Å²) in [4.78, 5) is 12.4. The lowest BCUT2D eigenvalue weighted by molar-refractivity contribution is 0.0735. The smallest absolute Gasteiger partial charge is 0.343 e. The molecule has 126 valence electrons. The standard InChI is InChI=1S/C23H22O2/c24-23(21-11-10-18-8-4-5-9-20(18)16-21)25-22-14-12-19(13-15-22)17-6-2-1-3-7-17/h4-5,8-17H,1-3,6-7H2. The maximum atomic E-state index is 12.4. The first-order chi connectivity index (χ1) is 12.3. The van der Waals surface area contributed by atoms with Crippen LogP contribution in [0, 0.1) is 0 Å². The molecule has 2 heteroatoms. The van der Waals surface area contributed by atoms with Gasteiger partial charge in [0.15, 0.2) is 0 Å². The van der Waals surface area contributed by atoms with Crippen LogP contribution in [0.5, 0.6) is 5.75 Å². The Morgan fingerprint density at radius 3 is 2.28 bits per heavy atom. The summed E-state index contributed by atoms with van der Waals surface area (Å²) in [5.74, 6) is 0.966. The molecule has 0 saturated heterocycles. The minimum Gasteiger partial charge on any atom is -0.423 e. The first kappa shape index (κ1) is 15.9. The Morgan fingerprint density at radius 1 is 0.800 bits per heavy atom. The highest BCUT2D eigenvalue weighted by atomic mass is 16.5. The van der Waals surface area contributed by atoms with E-state index in [4.69, 9.17) is 4.74 Å². The first-order valence-corrected chi connectivity index (χ1v) is 9.10. The van der Waals surface area contributed by atoms with Crippen molar-refractivity contribution in [2.24, 2.45) is 0 Å². The fourth-order valence-electron chi connectivity index (χ4n) is 3.73. The minimum atomic E-state index is -0.309. The Morgan fingerprint density at radius 2 is 1.52 bits per heavy atom. The summed E-state index contributed by atoms with van der Waals surface area (Å²) in [6, 6.07) is 21.7. The normalized spacial score (nSPS) is 15.2. The molecule has 25 heavy (non-hydrogen) atoms. The van der Waals surface area contributed by atoms with Gasteiger partial charge in [-0.1, -0.05) is 61.7 Å². The Balaban J connectivity index is 1.47. The highest BCUT2D eigenvalue weighted by molar-refractivity contribution is 5.96. The molecule has 2 nitrogen and oxygen atoms in total. The number of rotatable bonds is 3. The minimum absolute atomic E-state index is 0.309. The van der Waals surface area contributed by atoms with Crippen molar-refractivity contribution in [2.45, 2.75) is 38.0 Å². The summed E-state index contributed by atoms with van der Waals surface area (Å²) in [6.45, 7) is 0. The molecule has 0 radical (unpaired) electrons. The number of benzene rings is 3. The van der Waals surface area contributed by atoms with Crippen LogP contribution >= 0.6 is 0 Å². The number of carbonyl (C=O) groups excluding carboxylic acids is 1. The van der Waals surface area contributed by atoms with E-state index in [0.717, 1.165) is 10.8 Å². The van der Waals surface area contributed by atoms with Gasteiger partial charge in [-0.3, -0.25) is 0 Å². The average molecular weight is 330 g/mol. The zero-order chi connectivity index (χ0) is 17.1. The molecule has 0 aliphatic heterocycles. The van der Waals surface area contributed by atoms with E-state index in [1.165, 1.54) is 37.7 Å². The van der Waals surface area contributed by atoms with Crippen molar-refractivity contribution in [1.29, 1.82) is 0 Å². The predicted octanol–water partition coefficient (Wildman–Crippen LogP) is 6.11. The van der Waals surface area contributed by atoms with Crippen LogP contribution in [0.25, 0.3) is 10.8 Å². The maximum absolute atomic E-state index is 12.4. The predicted molar refractivity (Wildman–Crippen MR) is 101 cm³/mol. The number of ether oxygens (including phenoxy) is 1. The number of hydrogen-bond donors (Lipinski definition) is 0. The van der Waals surface area contributed by atoms with Gasteiger partial charge in [-0.05, 0) is 59.4 Å². The van der Waals surface area contributed by atoms with E-state index in [0.29, 0.717) is 17.2 Å². The van der Waals surface area contributed by atoms with Gasteiger partial charge in [-0.25, -0.2) is 4.79 Å². The molecule has 0 bridgehead atoms. The SMILES string of the molecule is O=C(Oc1ccc(C2CCCCC2)cc1)c1ccc2ccccc2c1. The number of fused-ring (bicyclic) bond motifs is 1. The monoisotopic (exact) mass is 330 g/mol. The molecule has 1 aliphatic carbocycles. The third-order valence-corrected chi connectivity index (χ3v) is 5.15. The van der Waals surface area contributed by atoms with E-state index >= 15 is 0 Å². The second kappa shape index (κ2) is 7.10. The lowest BCUT2D eigenvalue weighted by Gasteiger charge is -2.22. The quantitative estimate of drug-likeness (QED) is 0.428. The lowest BCUT2D eigenvalue weighted by Crippen LogP contribution is -2.09.